The molecule has 1 heterocycles. The topological polar surface area (TPSA) is 54.5 Å². The summed E-state index contributed by atoms with van der Waals surface area (Å²) in [6.07, 6.45) is 6.83. The zero-order valence-corrected chi connectivity index (χ0v) is 15.6. The Balaban J connectivity index is 1.77. The number of anilines is 1. The van der Waals surface area contributed by atoms with E-state index in [2.05, 4.69) is 10.3 Å². The zero-order valence-electron chi connectivity index (χ0n) is 14.8. The van der Waals surface area contributed by atoms with E-state index in [1.54, 1.807) is 29.5 Å². The quantitative estimate of drug-likeness (QED) is 0.849. The van der Waals surface area contributed by atoms with E-state index in [0.717, 1.165) is 42.1 Å². The number of likely N-dealkylation sites (N-methyl/N-ethyl adjacent to an activating group) is 1. The summed E-state index contributed by atoms with van der Waals surface area (Å²) in [7, 11) is 3.53. The summed E-state index contributed by atoms with van der Waals surface area (Å²) in [6.45, 7) is 0.558. The van der Waals surface area contributed by atoms with Gasteiger partial charge in [-0.25, -0.2) is 4.98 Å². The smallest absolute Gasteiger partial charge is 0.248 e. The van der Waals surface area contributed by atoms with Gasteiger partial charge in [-0.3, -0.25) is 4.79 Å². The van der Waals surface area contributed by atoms with E-state index < -0.39 is 5.54 Å². The summed E-state index contributed by atoms with van der Waals surface area (Å²) in [5.41, 5.74) is 0.428. The lowest BCUT2D eigenvalue weighted by Gasteiger charge is -2.40. The fourth-order valence-corrected chi connectivity index (χ4v) is 4.14. The van der Waals surface area contributed by atoms with Crippen LogP contribution in [-0.2, 0) is 11.3 Å². The summed E-state index contributed by atoms with van der Waals surface area (Å²) in [5, 5.41) is 6.45. The van der Waals surface area contributed by atoms with Crippen molar-refractivity contribution in [3.8, 4) is 5.75 Å². The van der Waals surface area contributed by atoms with Crippen LogP contribution < -0.4 is 10.1 Å². The van der Waals surface area contributed by atoms with Crippen molar-refractivity contribution in [1.82, 2.24) is 9.88 Å². The largest absolute Gasteiger partial charge is 0.497 e. The number of nitrogens with one attached hydrogen (secondary N) is 1. The molecule has 2 aromatic rings. The molecule has 1 N–H and O–H groups in total. The highest BCUT2D eigenvalue weighted by Crippen LogP contribution is 2.34. The Morgan fingerprint density at radius 3 is 2.60 bits per heavy atom. The van der Waals surface area contributed by atoms with Crippen molar-refractivity contribution in [1.29, 1.82) is 0 Å². The Morgan fingerprint density at radius 2 is 2.00 bits per heavy atom. The van der Waals surface area contributed by atoms with Crippen LogP contribution in [0, 0.1) is 0 Å². The average Bonchev–Trinajstić information content (AvgIpc) is 3.15. The third kappa shape index (κ3) is 4.12. The monoisotopic (exact) mass is 359 g/mol. The molecule has 0 aliphatic heterocycles. The van der Waals surface area contributed by atoms with Crippen LogP contribution in [0.3, 0.4) is 0 Å². The van der Waals surface area contributed by atoms with Crippen LogP contribution in [0.5, 0.6) is 5.75 Å². The predicted octanol–water partition coefficient (Wildman–Crippen LogP) is 3.93. The normalized spacial score (nSPS) is 16.2. The van der Waals surface area contributed by atoms with Gasteiger partial charge in [-0.1, -0.05) is 19.3 Å². The van der Waals surface area contributed by atoms with Gasteiger partial charge in [0.05, 0.1) is 13.7 Å². The summed E-state index contributed by atoms with van der Waals surface area (Å²) in [4.78, 5) is 19.4. The maximum absolute atomic E-state index is 13.3. The van der Waals surface area contributed by atoms with E-state index in [1.165, 1.54) is 6.42 Å². The number of ether oxygens (including phenoxy) is 1. The molecule has 1 fully saturated rings. The van der Waals surface area contributed by atoms with E-state index >= 15 is 0 Å². The number of hydrogen-bond acceptors (Lipinski definition) is 5. The molecule has 0 bridgehead atoms. The molecule has 25 heavy (non-hydrogen) atoms. The summed E-state index contributed by atoms with van der Waals surface area (Å²) >= 11 is 1.58. The number of rotatable bonds is 6. The van der Waals surface area contributed by atoms with Crippen molar-refractivity contribution in [3.05, 3.63) is 40.8 Å². The number of amides is 1. The minimum absolute atomic E-state index is 0.151. The molecule has 1 aliphatic carbocycles. The van der Waals surface area contributed by atoms with Crippen LogP contribution in [0.4, 0.5) is 5.69 Å². The first kappa shape index (κ1) is 17.7. The Hall–Kier alpha value is -2.08. The minimum atomic E-state index is -0.529. The van der Waals surface area contributed by atoms with E-state index in [9.17, 15) is 4.79 Å². The number of carbonyl (C=O) groups is 1. The second-order valence-electron chi connectivity index (χ2n) is 6.58. The Morgan fingerprint density at radius 1 is 1.28 bits per heavy atom. The minimum Gasteiger partial charge on any atom is -0.497 e. The van der Waals surface area contributed by atoms with Gasteiger partial charge < -0.3 is 15.0 Å². The Bertz CT molecular complexity index is 679. The fraction of sp³-hybridized carbons (Fsp3) is 0.474. The first-order valence-corrected chi connectivity index (χ1v) is 9.57. The molecule has 1 aromatic heterocycles. The molecule has 0 saturated heterocycles. The van der Waals surface area contributed by atoms with Crippen molar-refractivity contribution in [2.24, 2.45) is 0 Å². The molecule has 0 radical (unpaired) electrons. The first-order chi connectivity index (χ1) is 12.1. The molecular weight excluding hydrogens is 334 g/mol. The second kappa shape index (κ2) is 7.87. The van der Waals surface area contributed by atoms with Crippen molar-refractivity contribution in [2.45, 2.75) is 44.2 Å². The lowest BCUT2D eigenvalue weighted by atomic mass is 9.80. The van der Waals surface area contributed by atoms with Gasteiger partial charge in [0.25, 0.3) is 0 Å². The summed E-state index contributed by atoms with van der Waals surface area (Å²) < 4.78 is 5.22. The van der Waals surface area contributed by atoms with Gasteiger partial charge in [-0.05, 0) is 37.1 Å². The Labute approximate surface area is 153 Å². The summed E-state index contributed by atoms with van der Waals surface area (Å²) in [6, 6.07) is 7.79. The van der Waals surface area contributed by atoms with Crippen LogP contribution in [0.1, 0.15) is 37.1 Å². The number of nitrogens with zero attached hydrogens (tertiary/aromatic N) is 2. The van der Waals surface area contributed by atoms with E-state index in [1.807, 2.05) is 36.7 Å². The maximum Gasteiger partial charge on any atom is 0.248 e. The molecule has 1 saturated carbocycles. The van der Waals surface area contributed by atoms with Gasteiger partial charge in [0, 0.05) is 24.3 Å². The molecule has 3 rings (SSSR count). The lowest BCUT2D eigenvalue weighted by Crippen LogP contribution is -2.53. The van der Waals surface area contributed by atoms with E-state index in [0.29, 0.717) is 6.54 Å². The Kier molecular flexibility index (Phi) is 5.58. The van der Waals surface area contributed by atoms with Gasteiger partial charge in [0.2, 0.25) is 5.91 Å². The van der Waals surface area contributed by atoms with Gasteiger partial charge in [-0.2, -0.15) is 0 Å². The molecule has 0 atom stereocenters. The average molecular weight is 359 g/mol. The molecular formula is C19H25N3O2S. The lowest BCUT2D eigenvalue weighted by molar-refractivity contribution is -0.136. The highest BCUT2D eigenvalue weighted by molar-refractivity contribution is 7.09. The van der Waals surface area contributed by atoms with Crippen molar-refractivity contribution < 1.29 is 9.53 Å². The molecule has 134 valence electrons. The number of hydrogen-bond donors (Lipinski definition) is 1. The predicted molar refractivity (Wildman–Crippen MR) is 101 cm³/mol. The highest BCUT2D eigenvalue weighted by Gasteiger charge is 2.41. The first-order valence-electron chi connectivity index (χ1n) is 8.69. The zero-order chi connectivity index (χ0) is 17.7. The van der Waals surface area contributed by atoms with Crippen LogP contribution in [0.2, 0.25) is 0 Å². The molecule has 1 aliphatic rings. The molecule has 1 aromatic carbocycles. The van der Waals surface area contributed by atoms with Crippen LogP contribution in [0.15, 0.2) is 35.8 Å². The van der Waals surface area contributed by atoms with Gasteiger partial charge in [0.15, 0.2) is 0 Å². The number of aromatic nitrogens is 1. The number of thiazole rings is 1. The second-order valence-corrected chi connectivity index (χ2v) is 7.56. The standard InChI is InChI=1S/C19H25N3O2S/c1-22(14-17-20-12-13-25-17)18(23)19(10-4-3-5-11-19)21-15-6-8-16(24-2)9-7-15/h6-9,12-13,21H,3-5,10-11,14H2,1-2H3. The molecule has 5 nitrogen and oxygen atoms in total. The van der Waals surface area contributed by atoms with E-state index in [4.69, 9.17) is 4.74 Å². The number of methoxy groups -OCH3 is 1. The molecule has 6 heteroatoms. The van der Waals surface area contributed by atoms with Crippen molar-refractivity contribution in [3.63, 3.8) is 0 Å². The van der Waals surface area contributed by atoms with Crippen LogP contribution in [-0.4, -0.2) is 35.5 Å². The number of benzene rings is 1. The SMILES string of the molecule is COc1ccc(NC2(C(=O)N(C)Cc3nccs3)CCCCC2)cc1. The van der Waals surface area contributed by atoms with Crippen LogP contribution in [0.25, 0.3) is 0 Å². The highest BCUT2D eigenvalue weighted by atomic mass is 32.1. The molecule has 0 unspecified atom stereocenters. The molecule has 1 amide bonds. The fourth-order valence-electron chi connectivity index (χ4n) is 3.47. The van der Waals surface area contributed by atoms with Gasteiger partial charge in [-0.15, -0.1) is 11.3 Å². The van der Waals surface area contributed by atoms with E-state index in [-0.39, 0.29) is 5.91 Å². The third-order valence-electron chi connectivity index (χ3n) is 4.79. The van der Waals surface area contributed by atoms with Gasteiger partial charge >= 0.3 is 0 Å². The van der Waals surface area contributed by atoms with Crippen LogP contribution >= 0.6 is 11.3 Å². The summed E-state index contributed by atoms with van der Waals surface area (Å²) in [5.74, 6) is 0.966. The third-order valence-corrected chi connectivity index (χ3v) is 5.56. The number of carbonyl (C=O) groups excluding carboxylic acids is 1. The molecule has 0 spiro atoms. The van der Waals surface area contributed by atoms with Gasteiger partial charge in [0.1, 0.15) is 16.3 Å². The van der Waals surface area contributed by atoms with Crippen molar-refractivity contribution in [2.75, 3.05) is 19.5 Å². The maximum atomic E-state index is 13.3. The van der Waals surface area contributed by atoms with Crippen molar-refractivity contribution >= 4 is 22.9 Å².